The Morgan fingerprint density at radius 1 is 1.69 bits per heavy atom. The predicted molar refractivity (Wildman–Crippen MR) is 64.5 cm³/mol. The van der Waals surface area contributed by atoms with Gasteiger partial charge in [0.15, 0.2) is 0 Å². The molecule has 1 aromatic rings. The average molecular weight is 239 g/mol. The summed E-state index contributed by atoms with van der Waals surface area (Å²) >= 11 is 4.74. The number of carbonyl (C=O) groups is 1. The minimum atomic E-state index is -0.224. The van der Waals surface area contributed by atoms with Crippen molar-refractivity contribution in [2.24, 2.45) is 5.73 Å². The number of thiocarbonyl (C=S) groups is 1. The Morgan fingerprint density at radius 2 is 2.38 bits per heavy atom. The van der Waals surface area contributed by atoms with Crippen molar-refractivity contribution in [1.29, 1.82) is 0 Å². The van der Waals surface area contributed by atoms with Crippen molar-refractivity contribution < 1.29 is 9.53 Å². The first-order chi connectivity index (χ1) is 7.56. The van der Waals surface area contributed by atoms with E-state index in [1.54, 1.807) is 25.4 Å². The van der Waals surface area contributed by atoms with Gasteiger partial charge in [-0.15, -0.1) is 0 Å². The smallest absolute Gasteiger partial charge is 0.259 e. The van der Waals surface area contributed by atoms with E-state index in [9.17, 15) is 4.79 Å². The van der Waals surface area contributed by atoms with Crippen molar-refractivity contribution in [3.63, 3.8) is 0 Å². The van der Waals surface area contributed by atoms with Crippen LogP contribution in [0.5, 0.6) is 5.88 Å². The summed E-state index contributed by atoms with van der Waals surface area (Å²) in [4.78, 5) is 17.6. The van der Waals surface area contributed by atoms with Crippen LogP contribution in [-0.2, 0) is 0 Å². The third kappa shape index (κ3) is 2.90. The standard InChI is InChI=1S/C10H13N3O2S/c1-13(6-8(11)16)10(14)7-4-3-5-12-9(7)15-2/h3-5H,6H2,1-2H3,(H2,11,16). The van der Waals surface area contributed by atoms with Gasteiger partial charge in [-0.1, -0.05) is 12.2 Å². The Labute approximate surface area is 99.2 Å². The molecule has 0 saturated heterocycles. The summed E-state index contributed by atoms with van der Waals surface area (Å²) in [5, 5.41) is 0. The van der Waals surface area contributed by atoms with Crippen molar-refractivity contribution in [2.45, 2.75) is 0 Å². The lowest BCUT2D eigenvalue weighted by Gasteiger charge is -2.17. The second-order valence-electron chi connectivity index (χ2n) is 3.19. The number of aromatic nitrogens is 1. The van der Waals surface area contributed by atoms with Gasteiger partial charge in [-0.25, -0.2) is 4.98 Å². The number of amides is 1. The summed E-state index contributed by atoms with van der Waals surface area (Å²) < 4.78 is 5.00. The van der Waals surface area contributed by atoms with Crippen LogP contribution in [0.2, 0.25) is 0 Å². The molecule has 0 radical (unpaired) electrons. The van der Waals surface area contributed by atoms with Crippen LogP contribution in [0.15, 0.2) is 18.3 Å². The number of ether oxygens (including phenoxy) is 1. The zero-order chi connectivity index (χ0) is 12.1. The summed E-state index contributed by atoms with van der Waals surface area (Å²) in [7, 11) is 3.08. The molecule has 0 aliphatic heterocycles. The zero-order valence-corrected chi connectivity index (χ0v) is 9.95. The molecular formula is C10H13N3O2S. The molecule has 0 saturated carbocycles. The van der Waals surface area contributed by atoms with Crippen LogP contribution in [-0.4, -0.2) is 41.5 Å². The highest BCUT2D eigenvalue weighted by molar-refractivity contribution is 7.80. The molecule has 86 valence electrons. The fourth-order valence-corrected chi connectivity index (χ4v) is 1.42. The number of nitrogens with zero attached hydrogens (tertiary/aromatic N) is 2. The van der Waals surface area contributed by atoms with Crippen molar-refractivity contribution in [1.82, 2.24) is 9.88 Å². The maximum absolute atomic E-state index is 12.0. The monoisotopic (exact) mass is 239 g/mol. The molecule has 0 aliphatic carbocycles. The Bertz CT molecular complexity index is 409. The average Bonchev–Trinajstić information content (AvgIpc) is 2.27. The summed E-state index contributed by atoms with van der Waals surface area (Å²) in [6.45, 7) is 0.228. The SMILES string of the molecule is COc1ncccc1C(=O)N(C)CC(N)=S. The van der Waals surface area contributed by atoms with Gasteiger partial charge in [0.05, 0.1) is 18.6 Å². The summed E-state index contributed by atoms with van der Waals surface area (Å²) in [6, 6.07) is 3.31. The van der Waals surface area contributed by atoms with E-state index in [0.717, 1.165) is 0 Å². The molecule has 1 aromatic heterocycles. The molecule has 5 nitrogen and oxygen atoms in total. The van der Waals surface area contributed by atoms with Gasteiger partial charge in [-0.2, -0.15) is 0 Å². The third-order valence-corrected chi connectivity index (χ3v) is 2.06. The molecular weight excluding hydrogens is 226 g/mol. The molecule has 2 N–H and O–H groups in total. The normalized spacial score (nSPS) is 9.62. The molecule has 0 spiro atoms. The number of rotatable bonds is 4. The first-order valence-corrected chi connectivity index (χ1v) is 5.00. The highest BCUT2D eigenvalue weighted by atomic mass is 32.1. The minimum Gasteiger partial charge on any atom is -0.480 e. The van der Waals surface area contributed by atoms with Crippen molar-refractivity contribution in [3.8, 4) is 5.88 Å². The lowest BCUT2D eigenvalue weighted by atomic mass is 10.2. The predicted octanol–water partition coefficient (Wildman–Crippen LogP) is 0.448. The van der Waals surface area contributed by atoms with Gasteiger partial charge in [0, 0.05) is 13.2 Å². The second kappa shape index (κ2) is 5.41. The van der Waals surface area contributed by atoms with E-state index in [2.05, 4.69) is 4.98 Å². The summed E-state index contributed by atoms with van der Waals surface area (Å²) in [5.74, 6) is 0.0695. The molecule has 1 heterocycles. The number of carbonyl (C=O) groups excluding carboxylic acids is 1. The minimum absolute atomic E-state index is 0.224. The van der Waals surface area contributed by atoms with Crippen LogP contribution in [0.4, 0.5) is 0 Å². The Balaban J connectivity index is 2.91. The Morgan fingerprint density at radius 3 is 2.94 bits per heavy atom. The van der Waals surface area contributed by atoms with Crippen LogP contribution >= 0.6 is 12.2 Å². The number of methoxy groups -OCH3 is 1. The fraction of sp³-hybridized carbons (Fsp3) is 0.300. The molecule has 0 bridgehead atoms. The van der Waals surface area contributed by atoms with Crippen molar-refractivity contribution in [2.75, 3.05) is 20.7 Å². The number of pyridine rings is 1. The van der Waals surface area contributed by atoms with Gasteiger partial charge >= 0.3 is 0 Å². The van der Waals surface area contributed by atoms with Crippen LogP contribution in [0.25, 0.3) is 0 Å². The van der Waals surface area contributed by atoms with Crippen molar-refractivity contribution in [3.05, 3.63) is 23.9 Å². The molecule has 16 heavy (non-hydrogen) atoms. The van der Waals surface area contributed by atoms with E-state index in [-0.39, 0.29) is 17.4 Å². The van der Waals surface area contributed by atoms with Gasteiger partial charge in [-0.05, 0) is 12.1 Å². The van der Waals surface area contributed by atoms with E-state index in [1.165, 1.54) is 12.0 Å². The Hall–Kier alpha value is -1.69. The lowest BCUT2D eigenvalue weighted by Crippen LogP contribution is -2.34. The quantitative estimate of drug-likeness (QED) is 0.773. The molecule has 1 amide bonds. The largest absolute Gasteiger partial charge is 0.480 e. The van der Waals surface area contributed by atoms with Crippen LogP contribution < -0.4 is 10.5 Å². The first kappa shape index (κ1) is 12.4. The van der Waals surface area contributed by atoms with E-state index in [0.29, 0.717) is 11.4 Å². The Kier molecular flexibility index (Phi) is 4.19. The van der Waals surface area contributed by atoms with E-state index < -0.39 is 0 Å². The topological polar surface area (TPSA) is 68.5 Å². The summed E-state index contributed by atoms with van der Waals surface area (Å²) in [5.41, 5.74) is 5.76. The van der Waals surface area contributed by atoms with Crippen LogP contribution in [0, 0.1) is 0 Å². The fourth-order valence-electron chi connectivity index (χ4n) is 1.23. The third-order valence-electron chi connectivity index (χ3n) is 1.93. The van der Waals surface area contributed by atoms with Gasteiger partial charge < -0.3 is 15.4 Å². The lowest BCUT2D eigenvalue weighted by molar-refractivity contribution is 0.0811. The molecule has 6 heteroatoms. The molecule has 0 aromatic carbocycles. The molecule has 0 fully saturated rings. The van der Waals surface area contributed by atoms with E-state index in [1.807, 2.05) is 0 Å². The van der Waals surface area contributed by atoms with Crippen LogP contribution in [0.1, 0.15) is 10.4 Å². The van der Waals surface area contributed by atoms with Crippen LogP contribution in [0.3, 0.4) is 0 Å². The van der Waals surface area contributed by atoms with Gasteiger partial charge in [-0.3, -0.25) is 4.79 Å². The molecule has 1 rings (SSSR count). The highest BCUT2D eigenvalue weighted by Crippen LogP contribution is 2.15. The second-order valence-corrected chi connectivity index (χ2v) is 3.71. The maximum Gasteiger partial charge on any atom is 0.259 e. The van der Waals surface area contributed by atoms with Gasteiger partial charge in [0.1, 0.15) is 5.56 Å². The van der Waals surface area contributed by atoms with Gasteiger partial charge in [0.25, 0.3) is 5.91 Å². The molecule has 0 aliphatic rings. The molecule has 0 atom stereocenters. The van der Waals surface area contributed by atoms with E-state index in [4.69, 9.17) is 22.7 Å². The zero-order valence-electron chi connectivity index (χ0n) is 9.14. The van der Waals surface area contributed by atoms with E-state index >= 15 is 0 Å². The number of hydrogen-bond acceptors (Lipinski definition) is 4. The maximum atomic E-state index is 12.0. The summed E-state index contributed by atoms with van der Waals surface area (Å²) in [6.07, 6.45) is 1.56. The molecule has 0 unspecified atom stereocenters. The number of hydrogen-bond donors (Lipinski definition) is 1. The number of likely N-dealkylation sites (N-methyl/N-ethyl adjacent to an activating group) is 1. The first-order valence-electron chi connectivity index (χ1n) is 4.59. The van der Waals surface area contributed by atoms with Gasteiger partial charge in [0.2, 0.25) is 5.88 Å². The highest BCUT2D eigenvalue weighted by Gasteiger charge is 2.17. The van der Waals surface area contributed by atoms with Crippen molar-refractivity contribution >= 4 is 23.1 Å². The number of nitrogens with two attached hydrogens (primary N) is 1.